The van der Waals surface area contributed by atoms with Crippen LogP contribution in [0.5, 0.6) is 0 Å². The number of Topliss-reactive ketones (excluding diaryl/α,β-unsaturated/α-hetero) is 1. The van der Waals surface area contributed by atoms with Crippen molar-refractivity contribution in [3.05, 3.63) is 29.3 Å². The van der Waals surface area contributed by atoms with Crippen molar-refractivity contribution in [3.8, 4) is 0 Å². The van der Waals surface area contributed by atoms with E-state index >= 15 is 0 Å². The molecule has 0 aliphatic heterocycles. The zero-order valence-corrected chi connectivity index (χ0v) is 12.3. The number of ketones is 1. The van der Waals surface area contributed by atoms with Gasteiger partial charge < -0.3 is 10.2 Å². The molecule has 0 fully saturated rings. The standard InChI is InChI=1S/C12H13BrO4S/c1-6(14)10(13)7-3-4-9(18-2)8(5-7)11(15)12(16)17/h3-5,10-11,15H,1-2H3,(H,16,17). The van der Waals surface area contributed by atoms with Crippen LogP contribution in [0, 0.1) is 0 Å². The Hall–Kier alpha value is -0.850. The summed E-state index contributed by atoms with van der Waals surface area (Å²) >= 11 is 4.58. The predicted octanol–water partition coefficient (Wildman–Crippen LogP) is 2.55. The van der Waals surface area contributed by atoms with Gasteiger partial charge in [-0.25, -0.2) is 4.79 Å². The van der Waals surface area contributed by atoms with Gasteiger partial charge in [0.05, 0.1) is 4.83 Å². The zero-order chi connectivity index (χ0) is 13.9. The molecular weight excluding hydrogens is 320 g/mol. The molecule has 0 saturated heterocycles. The molecule has 2 atom stereocenters. The van der Waals surface area contributed by atoms with Crippen molar-refractivity contribution in [3.63, 3.8) is 0 Å². The lowest BCUT2D eigenvalue weighted by Crippen LogP contribution is -2.12. The number of carbonyl (C=O) groups excluding carboxylic acids is 1. The zero-order valence-electron chi connectivity index (χ0n) is 9.88. The Morgan fingerprint density at radius 3 is 2.44 bits per heavy atom. The molecule has 0 aliphatic rings. The van der Waals surface area contributed by atoms with Gasteiger partial charge in [0.1, 0.15) is 5.78 Å². The van der Waals surface area contributed by atoms with E-state index in [4.69, 9.17) is 5.11 Å². The monoisotopic (exact) mass is 332 g/mol. The van der Waals surface area contributed by atoms with E-state index in [1.165, 1.54) is 18.7 Å². The molecular formula is C12H13BrO4S. The summed E-state index contributed by atoms with van der Waals surface area (Å²) in [5.74, 6) is -1.39. The van der Waals surface area contributed by atoms with Gasteiger partial charge in [-0.2, -0.15) is 0 Å². The number of aliphatic hydroxyl groups excluding tert-OH is 1. The van der Waals surface area contributed by atoms with Gasteiger partial charge in [-0.3, -0.25) is 4.79 Å². The van der Waals surface area contributed by atoms with Crippen LogP contribution < -0.4 is 0 Å². The SMILES string of the molecule is CSc1ccc(C(Br)C(C)=O)cc1C(O)C(=O)O. The number of aliphatic hydroxyl groups is 1. The molecule has 1 aromatic rings. The van der Waals surface area contributed by atoms with Crippen molar-refractivity contribution in [2.75, 3.05) is 6.26 Å². The Morgan fingerprint density at radius 2 is 2.00 bits per heavy atom. The first-order valence-electron chi connectivity index (χ1n) is 5.11. The van der Waals surface area contributed by atoms with E-state index in [2.05, 4.69) is 15.9 Å². The van der Waals surface area contributed by atoms with Crippen LogP contribution in [0.15, 0.2) is 23.1 Å². The minimum Gasteiger partial charge on any atom is -0.479 e. The molecule has 0 saturated carbocycles. The molecule has 0 bridgehead atoms. The van der Waals surface area contributed by atoms with E-state index in [9.17, 15) is 14.7 Å². The molecule has 0 spiro atoms. The normalized spacial score (nSPS) is 14.0. The van der Waals surface area contributed by atoms with Crippen molar-refractivity contribution in [2.24, 2.45) is 0 Å². The van der Waals surface area contributed by atoms with Gasteiger partial charge in [0.2, 0.25) is 0 Å². The molecule has 18 heavy (non-hydrogen) atoms. The number of thioether (sulfide) groups is 1. The number of carbonyl (C=O) groups is 2. The van der Waals surface area contributed by atoms with Crippen molar-refractivity contribution in [1.82, 2.24) is 0 Å². The minimum absolute atomic E-state index is 0.0809. The molecule has 4 nitrogen and oxygen atoms in total. The quantitative estimate of drug-likeness (QED) is 0.640. The smallest absolute Gasteiger partial charge is 0.337 e. The Morgan fingerprint density at radius 1 is 1.39 bits per heavy atom. The number of rotatable bonds is 5. The fourth-order valence-electron chi connectivity index (χ4n) is 1.49. The highest BCUT2D eigenvalue weighted by molar-refractivity contribution is 9.09. The van der Waals surface area contributed by atoms with E-state index in [1.54, 1.807) is 24.5 Å². The number of alkyl halides is 1. The summed E-state index contributed by atoms with van der Waals surface area (Å²) in [6, 6.07) is 4.99. The molecule has 98 valence electrons. The van der Waals surface area contributed by atoms with Crippen LogP contribution in [0.25, 0.3) is 0 Å². The van der Waals surface area contributed by atoms with Gasteiger partial charge in [-0.05, 0) is 30.9 Å². The largest absolute Gasteiger partial charge is 0.479 e. The van der Waals surface area contributed by atoms with Gasteiger partial charge in [-0.1, -0.05) is 22.0 Å². The second-order valence-corrected chi connectivity index (χ2v) is 5.48. The molecule has 0 aliphatic carbocycles. The first-order valence-corrected chi connectivity index (χ1v) is 7.25. The summed E-state index contributed by atoms with van der Waals surface area (Å²) in [7, 11) is 0. The molecule has 0 heterocycles. The fourth-order valence-corrected chi connectivity index (χ4v) is 2.39. The maximum Gasteiger partial charge on any atom is 0.337 e. The molecule has 0 amide bonds. The second-order valence-electron chi connectivity index (χ2n) is 3.72. The van der Waals surface area contributed by atoms with Gasteiger partial charge in [-0.15, -0.1) is 11.8 Å². The minimum atomic E-state index is -1.58. The highest BCUT2D eigenvalue weighted by Crippen LogP contribution is 2.32. The molecule has 2 N–H and O–H groups in total. The molecule has 0 radical (unpaired) electrons. The summed E-state index contributed by atoms with van der Waals surface area (Å²) in [6.07, 6.45) is 0.211. The van der Waals surface area contributed by atoms with Gasteiger partial charge in [0.15, 0.2) is 6.10 Å². The summed E-state index contributed by atoms with van der Waals surface area (Å²) in [4.78, 5) is 22.3. The third-order valence-electron chi connectivity index (χ3n) is 2.43. The number of carboxylic acids is 1. The second kappa shape index (κ2) is 6.36. The summed E-state index contributed by atoms with van der Waals surface area (Å²) in [5.41, 5.74) is 0.939. The average molecular weight is 333 g/mol. The van der Waals surface area contributed by atoms with Crippen LogP contribution in [0.2, 0.25) is 0 Å². The first-order chi connectivity index (χ1) is 8.38. The van der Waals surface area contributed by atoms with Crippen LogP contribution in [-0.4, -0.2) is 28.2 Å². The van der Waals surface area contributed by atoms with Crippen molar-refractivity contribution in [1.29, 1.82) is 0 Å². The van der Waals surface area contributed by atoms with Crippen molar-refractivity contribution in [2.45, 2.75) is 22.8 Å². The van der Waals surface area contributed by atoms with E-state index < -0.39 is 16.9 Å². The third-order valence-corrected chi connectivity index (χ3v) is 4.42. The summed E-state index contributed by atoms with van der Waals surface area (Å²) in [5, 5.41) is 18.5. The first kappa shape index (κ1) is 15.2. The fraction of sp³-hybridized carbons (Fsp3) is 0.333. The molecule has 1 aromatic carbocycles. The van der Waals surface area contributed by atoms with E-state index in [0.717, 1.165) is 0 Å². The van der Waals surface area contributed by atoms with Gasteiger partial charge in [0, 0.05) is 10.5 Å². The lowest BCUT2D eigenvalue weighted by atomic mass is 10.0. The number of hydrogen-bond donors (Lipinski definition) is 2. The lowest BCUT2D eigenvalue weighted by molar-refractivity contribution is -0.147. The number of hydrogen-bond acceptors (Lipinski definition) is 4. The summed E-state index contributed by atoms with van der Waals surface area (Å²) in [6.45, 7) is 1.44. The predicted molar refractivity (Wildman–Crippen MR) is 73.2 cm³/mol. The van der Waals surface area contributed by atoms with Crippen LogP contribution in [0.1, 0.15) is 29.0 Å². The summed E-state index contributed by atoms with van der Waals surface area (Å²) < 4.78 is 0. The Balaban J connectivity index is 3.25. The van der Waals surface area contributed by atoms with E-state index in [-0.39, 0.29) is 5.78 Å². The third kappa shape index (κ3) is 3.34. The number of benzene rings is 1. The van der Waals surface area contributed by atoms with Crippen molar-refractivity contribution >= 4 is 39.4 Å². The topological polar surface area (TPSA) is 74.6 Å². The van der Waals surface area contributed by atoms with Crippen molar-refractivity contribution < 1.29 is 19.8 Å². The highest BCUT2D eigenvalue weighted by atomic mass is 79.9. The maximum atomic E-state index is 11.3. The molecule has 2 unspecified atom stereocenters. The Bertz CT molecular complexity index is 475. The van der Waals surface area contributed by atoms with Gasteiger partial charge >= 0.3 is 5.97 Å². The maximum absolute atomic E-state index is 11.3. The Kier molecular flexibility index (Phi) is 5.37. The van der Waals surface area contributed by atoms with E-state index in [0.29, 0.717) is 16.0 Å². The molecule has 6 heteroatoms. The molecule has 1 rings (SSSR count). The van der Waals surface area contributed by atoms with Crippen LogP contribution in [0.3, 0.4) is 0 Å². The van der Waals surface area contributed by atoms with Crippen LogP contribution in [0.4, 0.5) is 0 Å². The van der Waals surface area contributed by atoms with E-state index in [1.807, 2.05) is 0 Å². The molecule has 0 aromatic heterocycles. The van der Waals surface area contributed by atoms with Crippen LogP contribution >= 0.6 is 27.7 Å². The lowest BCUT2D eigenvalue weighted by Gasteiger charge is -2.14. The average Bonchev–Trinajstić information content (AvgIpc) is 2.35. The van der Waals surface area contributed by atoms with Crippen LogP contribution in [-0.2, 0) is 9.59 Å². The number of aliphatic carboxylic acids is 1. The highest BCUT2D eigenvalue weighted by Gasteiger charge is 2.22. The van der Waals surface area contributed by atoms with Gasteiger partial charge in [0.25, 0.3) is 0 Å². The number of carboxylic acid groups (broad SMARTS) is 1. The Labute approximate surface area is 118 Å². The number of halogens is 1.